The van der Waals surface area contributed by atoms with E-state index in [4.69, 9.17) is 4.74 Å². The van der Waals surface area contributed by atoms with E-state index in [1.165, 1.54) is 10.9 Å². The highest BCUT2D eigenvalue weighted by atomic mass is 16.5. The van der Waals surface area contributed by atoms with Gasteiger partial charge < -0.3 is 14.6 Å². The summed E-state index contributed by atoms with van der Waals surface area (Å²) in [7, 11) is 0. The number of H-pyrrole nitrogens is 1. The van der Waals surface area contributed by atoms with Gasteiger partial charge in [-0.1, -0.05) is 13.8 Å². The molecule has 0 aliphatic carbocycles. The van der Waals surface area contributed by atoms with Crippen molar-refractivity contribution in [3.05, 3.63) is 30.0 Å². The summed E-state index contributed by atoms with van der Waals surface area (Å²) in [6.45, 7) is 10.6. The Morgan fingerprint density at radius 1 is 1.32 bits per heavy atom. The summed E-state index contributed by atoms with van der Waals surface area (Å²) in [4.78, 5) is 17.1. The van der Waals surface area contributed by atoms with Crippen molar-refractivity contribution in [3.8, 4) is 5.75 Å². The van der Waals surface area contributed by atoms with Crippen LogP contribution in [0, 0.1) is 0 Å². The van der Waals surface area contributed by atoms with E-state index < -0.39 is 0 Å². The van der Waals surface area contributed by atoms with Crippen molar-refractivity contribution in [2.24, 2.45) is 0 Å². The van der Waals surface area contributed by atoms with Crippen molar-refractivity contribution in [3.63, 3.8) is 0 Å². The minimum absolute atomic E-state index is 0.207. The fourth-order valence-corrected chi connectivity index (χ4v) is 2.68. The van der Waals surface area contributed by atoms with Crippen LogP contribution in [0.3, 0.4) is 0 Å². The third-order valence-corrected chi connectivity index (χ3v) is 4.06. The summed E-state index contributed by atoms with van der Waals surface area (Å²) >= 11 is 0. The summed E-state index contributed by atoms with van der Waals surface area (Å²) in [5.74, 6) is 0.395. The minimum Gasteiger partial charge on any atom is -0.426 e. The lowest BCUT2D eigenvalue weighted by Gasteiger charge is -2.24. The molecule has 0 atom stereocenters. The van der Waals surface area contributed by atoms with Crippen molar-refractivity contribution in [2.75, 3.05) is 13.1 Å². The summed E-state index contributed by atoms with van der Waals surface area (Å²) in [6, 6.07) is 6.36. The number of fused-ring (bicyclic) bond motifs is 1. The molecule has 4 nitrogen and oxygen atoms in total. The number of ether oxygens (including phenoxy) is 1. The van der Waals surface area contributed by atoms with Gasteiger partial charge in [-0.15, -0.1) is 0 Å². The van der Waals surface area contributed by atoms with Gasteiger partial charge in [-0.3, -0.25) is 4.79 Å². The lowest BCUT2D eigenvalue weighted by atomic mass is 10.1. The van der Waals surface area contributed by atoms with Crippen molar-refractivity contribution in [1.29, 1.82) is 0 Å². The number of aromatic nitrogens is 1. The Labute approximate surface area is 132 Å². The molecule has 22 heavy (non-hydrogen) atoms. The molecule has 2 aromatic rings. The quantitative estimate of drug-likeness (QED) is 0.626. The highest BCUT2D eigenvalue weighted by Gasteiger charge is 2.10. The van der Waals surface area contributed by atoms with Gasteiger partial charge in [0.25, 0.3) is 0 Å². The van der Waals surface area contributed by atoms with Gasteiger partial charge in [0.15, 0.2) is 0 Å². The molecule has 0 aliphatic rings. The number of hydrogen-bond acceptors (Lipinski definition) is 3. The second-order valence-electron chi connectivity index (χ2n) is 5.82. The van der Waals surface area contributed by atoms with Gasteiger partial charge in [0.2, 0.25) is 0 Å². The molecule has 1 heterocycles. The standard InChI is InChI=1S/C18H26N2O2/c1-5-18(21)22-15-7-8-16-14(12-19-17(16)11-15)9-10-20(6-2)13(3)4/h7-8,11-13,19H,5-6,9-10H2,1-4H3. The first-order valence-corrected chi connectivity index (χ1v) is 8.09. The molecule has 2 rings (SSSR count). The molecule has 0 radical (unpaired) electrons. The second-order valence-corrected chi connectivity index (χ2v) is 5.82. The summed E-state index contributed by atoms with van der Waals surface area (Å²) in [5.41, 5.74) is 2.33. The maximum Gasteiger partial charge on any atom is 0.310 e. The highest BCUT2D eigenvalue weighted by Crippen LogP contribution is 2.24. The smallest absolute Gasteiger partial charge is 0.310 e. The topological polar surface area (TPSA) is 45.3 Å². The number of nitrogens with one attached hydrogen (secondary N) is 1. The van der Waals surface area contributed by atoms with E-state index in [0.29, 0.717) is 18.2 Å². The molecule has 1 aromatic heterocycles. The lowest BCUT2D eigenvalue weighted by Crippen LogP contribution is -2.32. The maximum atomic E-state index is 11.4. The molecule has 4 heteroatoms. The van der Waals surface area contributed by atoms with Crippen molar-refractivity contribution in [2.45, 2.75) is 46.6 Å². The molecule has 0 saturated carbocycles. The number of nitrogens with zero attached hydrogens (tertiary/aromatic N) is 1. The van der Waals surface area contributed by atoms with Crippen molar-refractivity contribution >= 4 is 16.9 Å². The number of aromatic amines is 1. The molecular formula is C18H26N2O2. The highest BCUT2D eigenvalue weighted by molar-refractivity contribution is 5.85. The molecule has 120 valence electrons. The van der Waals surface area contributed by atoms with Crippen molar-refractivity contribution < 1.29 is 9.53 Å². The average Bonchev–Trinajstić information content (AvgIpc) is 2.90. The van der Waals surface area contributed by atoms with Crippen LogP contribution in [0.5, 0.6) is 5.75 Å². The largest absolute Gasteiger partial charge is 0.426 e. The number of carbonyl (C=O) groups is 1. The average molecular weight is 302 g/mol. The Balaban J connectivity index is 2.11. The Hall–Kier alpha value is -1.81. The first-order chi connectivity index (χ1) is 10.5. The Bertz CT molecular complexity index is 631. The van der Waals surface area contributed by atoms with Crippen LogP contribution in [0.2, 0.25) is 0 Å². The van der Waals surface area contributed by atoms with Gasteiger partial charge in [0, 0.05) is 42.2 Å². The summed E-state index contributed by atoms with van der Waals surface area (Å²) in [5, 5.41) is 1.20. The fraction of sp³-hybridized carbons (Fsp3) is 0.500. The number of esters is 1. The molecule has 1 N–H and O–H groups in total. The van der Waals surface area contributed by atoms with Crippen LogP contribution < -0.4 is 4.74 Å². The van der Waals surface area contributed by atoms with E-state index in [2.05, 4.69) is 36.9 Å². The van der Waals surface area contributed by atoms with E-state index in [-0.39, 0.29) is 5.97 Å². The van der Waals surface area contributed by atoms with E-state index in [1.807, 2.05) is 18.2 Å². The van der Waals surface area contributed by atoms with Gasteiger partial charge in [-0.05, 0) is 44.5 Å². The van der Waals surface area contributed by atoms with Gasteiger partial charge in [0.1, 0.15) is 5.75 Å². The summed E-state index contributed by atoms with van der Waals surface area (Å²) in [6.07, 6.45) is 3.46. The molecule has 0 amide bonds. The van der Waals surface area contributed by atoms with Crippen LogP contribution in [0.15, 0.2) is 24.4 Å². The molecule has 0 unspecified atom stereocenters. The number of rotatable bonds is 7. The zero-order chi connectivity index (χ0) is 16.1. The first kappa shape index (κ1) is 16.6. The molecule has 0 bridgehead atoms. The van der Waals surface area contributed by atoms with Crippen LogP contribution in [0.1, 0.15) is 39.7 Å². The first-order valence-electron chi connectivity index (χ1n) is 8.09. The van der Waals surface area contributed by atoms with Crippen LogP contribution in [-0.2, 0) is 11.2 Å². The Morgan fingerprint density at radius 3 is 2.73 bits per heavy atom. The summed E-state index contributed by atoms with van der Waals surface area (Å²) < 4.78 is 5.26. The molecule has 0 fully saturated rings. The number of benzene rings is 1. The Kier molecular flexibility index (Phi) is 5.61. The second kappa shape index (κ2) is 7.45. The zero-order valence-corrected chi connectivity index (χ0v) is 14.0. The fourth-order valence-electron chi connectivity index (χ4n) is 2.68. The lowest BCUT2D eigenvalue weighted by molar-refractivity contribution is -0.134. The normalized spacial score (nSPS) is 11.5. The van der Waals surface area contributed by atoms with Crippen LogP contribution in [-0.4, -0.2) is 35.0 Å². The van der Waals surface area contributed by atoms with Gasteiger partial charge >= 0.3 is 5.97 Å². The molecular weight excluding hydrogens is 276 g/mol. The Morgan fingerprint density at radius 2 is 2.09 bits per heavy atom. The van der Waals surface area contributed by atoms with E-state index >= 15 is 0 Å². The number of likely N-dealkylation sites (N-methyl/N-ethyl adjacent to an activating group) is 1. The van der Waals surface area contributed by atoms with Crippen LogP contribution >= 0.6 is 0 Å². The zero-order valence-electron chi connectivity index (χ0n) is 14.0. The molecule has 0 saturated heterocycles. The van der Waals surface area contributed by atoms with E-state index in [1.54, 1.807) is 6.92 Å². The van der Waals surface area contributed by atoms with E-state index in [9.17, 15) is 4.79 Å². The third-order valence-electron chi connectivity index (χ3n) is 4.06. The molecule has 0 spiro atoms. The predicted molar refractivity (Wildman–Crippen MR) is 90.3 cm³/mol. The van der Waals surface area contributed by atoms with Gasteiger partial charge in [0.05, 0.1) is 0 Å². The van der Waals surface area contributed by atoms with Gasteiger partial charge in [-0.2, -0.15) is 0 Å². The van der Waals surface area contributed by atoms with Crippen molar-refractivity contribution in [1.82, 2.24) is 9.88 Å². The maximum absolute atomic E-state index is 11.4. The van der Waals surface area contributed by atoms with Gasteiger partial charge in [-0.25, -0.2) is 0 Å². The molecule has 0 aliphatic heterocycles. The minimum atomic E-state index is -0.207. The molecule has 1 aromatic carbocycles. The predicted octanol–water partition coefficient (Wildman–Crippen LogP) is 3.76. The number of carbonyl (C=O) groups excluding carboxylic acids is 1. The monoisotopic (exact) mass is 302 g/mol. The third kappa shape index (κ3) is 3.89. The van der Waals surface area contributed by atoms with Crippen LogP contribution in [0.25, 0.3) is 10.9 Å². The van der Waals surface area contributed by atoms with E-state index in [0.717, 1.165) is 25.0 Å². The van der Waals surface area contributed by atoms with Crippen LogP contribution in [0.4, 0.5) is 0 Å². The number of hydrogen-bond donors (Lipinski definition) is 1. The SMILES string of the molecule is CCC(=O)Oc1ccc2c(CCN(CC)C(C)C)c[nH]c2c1.